The number of hydrogen-bond donors (Lipinski definition) is 0. The van der Waals surface area contributed by atoms with E-state index in [-0.39, 0.29) is 0 Å². The van der Waals surface area contributed by atoms with Gasteiger partial charge in [0.1, 0.15) is 0 Å². The van der Waals surface area contributed by atoms with Gasteiger partial charge in [-0.15, -0.1) is 0 Å². The number of rotatable bonds is 4. The fourth-order valence-electron chi connectivity index (χ4n) is 5.04. The Morgan fingerprint density at radius 3 is 1.03 bits per heavy atom. The minimum Gasteiger partial charge on any atom is -0.0622 e. The quantitative estimate of drug-likeness (QED) is 0.254. The first-order chi connectivity index (χ1) is 18.9. The van der Waals surface area contributed by atoms with Crippen LogP contribution in [0.5, 0.6) is 0 Å². The lowest BCUT2D eigenvalue weighted by molar-refractivity contribution is 1.57. The van der Waals surface area contributed by atoms with Gasteiger partial charge in [-0.25, -0.2) is 0 Å². The highest BCUT2D eigenvalue weighted by Gasteiger charge is 2.32. The average Bonchev–Trinajstić information content (AvgIpc) is 3.11. The molecule has 0 fully saturated rings. The average molecular weight is 483 g/mol. The Bertz CT molecular complexity index is 1590. The SMILES string of the molecule is C(=C=C1C(c2ccccc2)=C(c2ccccc2)C(c2ccccc2)=C1c1ccccc1)=C1C=CC=CC=C1. The summed E-state index contributed by atoms with van der Waals surface area (Å²) in [5, 5.41) is 0. The lowest BCUT2D eigenvalue weighted by Crippen LogP contribution is -1.92. The van der Waals surface area contributed by atoms with Crippen molar-refractivity contribution in [3.05, 3.63) is 203 Å². The van der Waals surface area contributed by atoms with Crippen LogP contribution in [0, 0.1) is 0 Å². The summed E-state index contributed by atoms with van der Waals surface area (Å²) in [4.78, 5) is 0. The van der Waals surface area contributed by atoms with Crippen LogP contribution < -0.4 is 0 Å². The van der Waals surface area contributed by atoms with Crippen molar-refractivity contribution in [3.63, 3.8) is 0 Å². The van der Waals surface area contributed by atoms with Gasteiger partial charge in [0.25, 0.3) is 0 Å². The van der Waals surface area contributed by atoms with Gasteiger partial charge >= 0.3 is 0 Å². The molecule has 2 aliphatic carbocycles. The molecule has 0 heteroatoms. The van der Waals surface area contributed by atoms with Gasteiger partial charge in [0, 0.05) is 22.3 Å². The predicted octanol–water partition coefficient (Wildman–Crippen LogP) is 9.51. The van der Waals surface area contributed by atoms with Crippen molar-refractivity contribution < 1.29 is 0 Å². The van der Waals surface area contributed by atoms with Crippen LogP contribution in [0.25, 0.3) is 22.3 Å². The Labute approximate surface area is 224 Å². The first-order valence-corrected chi connectivity index (χ1v) is 12.9. The molecule has 0 amide bonds. The fourth-order valence-corrected chi connectivity index (χ4v) is 5.04. The van der Waals surface area contributed by atoms with E-state index in [2.05, 4.69) is 145 Å². The monoisotopic (exact) mass is 482 g/mol. The predicted molar refractivity (Wildman–Crippen MR) is 161 cm³/mol. The van der Waals surface area contributed by atoms with Gasteiger partial charge < -0.3 is 0 Å². The first kappa shape index (κ1) is 23.3. The molecule has 0 unspecified atom stereocenters. The highest BCUT2D eigenvalue weighted by atomic mass is 14.3. The summed E-state index contributed by atoms with van der Waals surface area (Å²) < 4.78 is 0. The lowest BCUT2D eigenvalue weighted by Gasteiger charge is -2.14. The highest BCUT2D eigenvalue weighted by Crippen LogP contribution is 2.54. The molecule has 0 radical (unpaired) electrons. The Morgan fingerprint density at radius 1 is 0.316 bits per heavy atom. The Kier molecular flexibility index (Phi) is 6.66. The van der Waals surface area contributed by atoms with Crippen molar-refractivity contribution in [2.45, 2.75) is 0 Å². The molecule has 0 spiro atoms. The number of benzene rings is 4. The molecule has 6 rings (SSSR count). The van der Waals surface area contributed by atoms with Gasteiger partial charge in [-0.05, 0) is 45.6 Å². The summed E-state index contributed by atoms with van der Waals surface area (Å²) in [5.41, 5.74) is 18.6. The van der Waals surface area contributed by atoms with Crippen LogP contribution in [-0.2, 0) is 0 Å². The maximum Gasteiger partial charge on any atom is 0.0418 e. The van der Waals surface area contributed by atoms with Crippen molar-refractivity contribution in [1.29, 1.82) is 0 Å². The summed E-state index contributed by atoms with van der Waals surface area (Å²) in [7, 11) is 0. The molecule has 4 aromatic carbocycles. The van der Waals surface area contributed by atoms with Crippen LogP contribution in [0.4, 0.5) is 0 Å². The minimum atomic E-state index is 0.983. The smallest absolute Gasteiger partial charge is 0.0418 e. The maximum atomic E-state index is 3.66. The van der Waals surface area contributed by atoms with E-state index in [1.165, 1.54) is 33.4 Å². The van der Waals surface area contributed by atoms with E-state index in [4.69, 9.17) is 0 Å². The molecule has 0 aliphatic heterocycles. The Balaban J connectivity index is 1.79. The Morgan fingerprint density at radius 2 is 0.658 bits per heavy atom. The van der Waals surface area contributed by atoms with E-state index in [1.54, 1.807) is 0 Å². The molecule has 0 atom stereocenters. The highest BCUT2D eigenvalue weighted by molar-refractivity contribution is 6.34. The van der Waals surface area contributed by atoms with Crippen LogP contribution in [0.2, 0.25) is 0 Å². The molecule has 0 bridgehead atoms. The van der Waals surface area contributed by atoms with Crippen LogP contribution in [-0.4, -0.2) is 0 Å². The third-order valence-corrected chi connectivity index (χ3v) is 6.72. The van der Waals surface area contributed by atoms with Crippen molar-refractivity contribution >= 4 is 22.3 Å². The van der Waals surface area contributed by atoms with Gasteiger partial charge in [-0.3, -0.25) is 0 Å². The van der Waals surface area contributed by atoms with E-state index in [0.29, 0.717) is 0 Å². The molecule has 0 aromatic heterocycles. The van der Waals surface area contributed by atoms with E-state index < -0.39 is 0 Å². The largest absolute Gasteiger partial charge is 0.0622 e. The van der Waals surface area contributed by atoms with Crippen molar-refractivity contribution in [2.75, 3.05) is 0 Å². The van der Waals surface area contributed by atoms with Crippen LogP contribution >= 0.6 is 0 Å². The van der Waals surface area contributed by atoms with Crippen molar-refractivity contribution in [3.8, 4) is 0 Å². The third kappa shape index (κ3) is 4.66. The molecule has 38 heavy (non-hydrogen) atoms. The summed E-state index contributed by atoms with van der Waals surface area (Å²) in [5.74, 6) is 0. The zero-order valence-electron chi connectivity index (χ0n) is 21.0. The third-order valence-electron chi connectivity index (χ3n) is 6.72. The molecule has 0 saturated heterocycles. The molecule has 4 aromatic rings. The second-order valence-electron chi connectivity index (χ2n) is 9.15. The number of allylic oxidation sites excluding steroid dienone is 12. The molecule has 0 N–H and O–H groups in total. The van der Waals surface area contributed by atoms with Gasteiger partial charge in [0.2, 0.25) is 0 Å². The molecular formula is C38H26. The summed E-state index contributed by atoms with van der Waals surface area (Å²) in [6.45, 7) is 0. The molecule has 0 heterocycles. The summed E-state index contributed by atoms with van der Waals surface area (Å²) >= 11 is 0. The normalized spacial score (nSPS) is 14.5. The molecule has 178 valence electrons. The Hall–Kier alpha value is -5.12. The van der Waals surface area contributed by atoms with Crippen LogP contribution in [0.15, 0.2) is 180 Å². The maximum absolute atomic E-state index is 3.66. The van der Waals surface area contributed by atoms with Gasteiger partial charge in [-0.1, -0.05) is 157 Å². The van der Waals surface area contributed by atoms with E-state index >= 15 is 0 Å². The minimum absolute atomic E-state index is 0.983. The van der Waals surface area contributed by atoms with E-state index in [9.17, 15) is 0 Å². The first-order valence-electron chi connectivity index (χ1n) is 12.9. The van der Waals surface area contributed by atoms with Crippen molar-refractivity contribution in [2.24, 2.45) is 0 Å². The van der Waals surface area contributed by atoms with Gasteiger partial charge in [-0.2, -0.15) is 0 Å². The zero-order valence-corrected chi connectivity index (χ0v) is 21.0. The summed E-state index contributed by atoms with van der Waals surface area (Å²) in [6, 6.07) is 42.8. The van der Waals surface area contributed by atoms with Crippen molar-refractivity contribution in [1.82, 2.24) is 0 Å². The summed E-state index contributed by atoms with van der Waals surface area (Å²) in [6.07, 6.45) is 12.3. The zero-order chi connectivity index (χ0) is 25.6. The van der Waals surface area contributed by atoms with E-state index in [0.717, 1.165) is 22.3 Å². The molecular weight excluding hydrogens is 456 g/mol. The standard InChI is InChI=1S/C38H26/c1-2-8-18-29(17-7-1)27-28-34-35(30-19-9-3-10-20-30)37(32-23-13-5-14-24-32)38(33-25-15-6-16-26-33)36(34)31-21-11-4-12-22-31/h1-26H. The second kappa shape index (κ2) is 10.9. The van der Waals surface area contributed by atoms with Crippen LogP contribution in [0.1, 0.15) is 22.3 Å². The van der Waals surface area contributed by atoms with Gasteiger partial charge in [0.15, 0.2) is 0 Å². The molecule has 0 nitrogen and oxygen atoms in total. The second-order valence-corrected chi connectivity index (χ2v) is 9.15. The topological polar surface area (TPSA) is 0 Å². The lowest BCUT2D eigenvalue weighted by atomic mass is 9.89. The number of hydrogen-bond acceptors (Lipinski definition) is 0. The fraction of sp³-hybridized carbons (Fsp3) is 0. The van der Waals surface area contributed by atoms with E-state index in [1.807, 2.05) is 24.3 Å². The van der Waals surface area contributed by atoms with Crippen LogP contribution in [0.3, 0.4) is 0 Å². The molecule has 2 aliphatic rings. The molecule has 0 saturated carbocycles. The van der Waals surface area contributed by atoms with Gasteiger partial charge in [0.05, 0.1) is 0 Å².